The van der Waals surface area contributed by atoms with Crippen LogP contribution < -0.4 is 10.1 Å². The molecule has 168 valence electrons. The highest BCUT2D eigenvalue weighted by atomic mass is 32.2. The molecule has 1 aromatic heterocycles. The van der Waals surface area contributed by atoms with Crippen LogP contribution in [0.5, 0.6) is 5.75 Å². The Bertz CT molecular complexity index is 1210. The monoisotopic (exact) mass is 458 g/mol. The van der Waals surface area contributed by atoms with Gasteiger partial charge in [0.2, 0.25) is 5.91 Å². The second-order valence-corrected chi connectivity index (χ2v) is 8.50. The predicted molar refractivity (Wildman–Crippen MR) is 132 cm³/mol. The first-order valence-corrected chi connectivity index (χ1v) is 11.8. The van der Waals surface area contributed by atoms with Crippen molar-refractivity contribution in [2.24, 2.45) is 0 Å². The molecular weight excluding hydrogens is 432 g/mol. The molecule has 7 heteroatoms. The molecule has 0 unspecified atom stereocenters. The van der Waals surface area contributed by atoms with E-state index in [1.54, 1.807) is 0 Å². The molecular formula is C26H26N4O2S. The highest BCUT2D eigenvalue weighted by Crippen LogP contribution is 2.24. The second kappa shape index (κ2) is 10.8. The van der Waals surface area contributed by atoms with Crippen molar-refractivity contribution < 1.29 is 9.53 Å². The molecule has 0 saturated carbocycles. The van der Waals surface area contributed by atoms with E-state index >= 15 is 0 Å². The van der Waals surface area contributed by atoms with Gasteiger partial charge in [-0.15, -0.1) is 10.2 Å². The van der Waals surface area contributed by atoms with Crippen molar-refractivity contribution in [3.8, 4) is 11.4 Å². The van der Waals surface area contributed by atoms with Crippen molar-refractivity contribution in [3.05, 3.63) is 95.8 Å². The van der Waals surface area contributed by atoms with Crippen LogP contribution in [0, 0.1) is 6.92 Å². The van der Waals surface area contributed by atoms with Crippen molar-refractivity contribution in [2.45, 2.75) is 32.0 Å². The van der Waals surface area contributed by atoms with Gasteiger partial charge in [0.15, 0.2) is 11.0 Å². The molecule has 1 heterocycles. The van der Waals surface area contributed by atoms with Gasteiger partial charge >= 0.3 is 0 Å². The number of carbonyl (C=O) groups is 1. The predicted octanol–water partition coefficient (Wildman–Crippen LogP) is 5.45. The van der Waals surface area contributed by atoms with Gasteiger partial charge in [-0.25, -0.2) is 0 Å². The zero-order valence-corrected chi connectivity index (χ0v) is 19.5. The molecule has 0 saturated heterocycles. The summed E-state index contributed by atoms with van der Waals surface area (Å²) in [5.74, 6) is 1.56. The molecule has 0 fully saturated rings. The Balaban J connectivity index is 1.52. The third-order valence-corrected chi connectivity index (χ3v) is 5.98. The van der Waals surface area contributed by atoms with E-state index in [4.69, 9.17) is 4.74 Å². The maximum Gasteiger partial charge on any atom is 0.234 e. The van der Waals surface area contributed by atoms with Gasteiger partial charge in [-0.1, -0.05) is 61.2 Å². The van der Waals surface area contributed by atoms with E-state index in [2.05, 4.69) is 34.6 Å². The van der Waals surface area contributed by atoms with Crippen LogP contribution in [0.15, 0.2) is 84.0 Å². The normalized spacial score (nSPS) is 10.7. The number of nitrogens with zero attached hydrogens (tertiary/aromatic N) is 3. The topological polar surface area (TPSA) is 69.0 Å². The molecule has 1 amide bonds. The number of carbonyl (C=O) groups excluding carboxylic acids is 1. The van der Waals surface area contributed by atoms with Crippen LogP contribution in [0.4, 0.5) is 5.69 Å². The molecule has 1 N–H and O–H groups in total. The summed E-state index contributed by atoms with van der Waals surface area (Å²) in [6.07, 6.45) is 0.965. The first-order valence-electron chi connectivity index (χ1n) is 10.8. The molecule has 0 aliphatic rings. The maximum absolute atomic E-state index is 12.5. The van der Waals surface area contributed by atoms with Crippen LogP contribution >= 0.6 is 11.8 Å². The Morgan fingerprint density at radius 1 is 1.00 bits per heavy atom. The number of ether oxygens (including phenoxy) is 1. The molecule has 33 heavy (non-hydrogen) atoms. The second-order valence-electron chi connectivity index (χ2n) is 7.56. The minimum atomic E-state index is -0.0939. The minimum Gasteiger partial charge on any atom is -0.486 e. The van der Waals surface area contributed by atoms with Gasteiger partial charge in [0.05, 0.1) is 5.75 Å². The Hall–Kier alpha value is -3.58. The smallest absolute Gasteiger partial charge is 0.234 e. The van der Waals surface area contributed by atoms with Crippen LogP contribution in [0.1, 0.15) is 23.9 Å². The van der Waals surface area contributed by atoms with E-state index in [0.717, 1.165) is 29.1 Å². The SMILES string of the molecule is CCc1ccc(-n2c(COc3ccccc3)nnc2SCC(=O)Nc2cccc(C)c2)cc1. The lowest BCUT2D eigenvalue weighted by atomic mass is 10.1. The van der Waals surface area contributed by atoms with E-state index in [0.29, 0.717) is 11.0 Å². The first kappa shape index (κ1) is 22.6. The third kappa shape index (κ3) is 6.02. The van der Waals surface area contributed by atoms with E-state index in [9.17, 15) is 4.79 Å². The third-order valence-electron chi connectivity index (χ3n) is 5.05. The van der Waals surface area contributed by atoms with Gasteiger partial charge in [0, 0.05) is 11.4 Å². The Labute approximate surface area is 198 Å². The summed E-state index contributed by atoms with van der Waals surface area (Å²) >= 11 is 1.35. The fraction of sp³-hybridized carbons (Fsp3) is 0.192. The molecule has 0 atom stereocenters. The van der Waals surface area contributed by atoms with Crippen molar-refractivity contribution in [1.82, 2.24) is 14.8 Å². The van der Waals surface area contributed by atoms with Gasteiger partial charge in [-0.2, -0.15) is 0 Å². The number of nitrogens with one attached hydrogen (secondary N) is 1. The molecule has 0 radical (unpaired) electrons. The van der Waals surface area contributed by atoms with E-state index in [1.807, 2.05) is 78.2 Å². The summed E-state index contributed by atoms with van der Waals surface area (Å²) in [4.78, 5) is 12.5. The van der Waals surface area contributed by atoms with Gasteiger partial charge in [0.25, 0.3) is 0 Å². The lowest BCUT2D eigenvalue weighted by Crippen LogP contribution is -2.15. The Morgan fingerprint density at radius 3 is 2.52 bits per heavy atom. The fourth-order valence-electron chi connectivity index (χ4n) is 3.34. The molecule has 3 aromatic carbocycles. The van der Waals surface area contributed by atoms with Crippen molar-refractivity contribution >= 4 is 23.4 Å². The average molecular weight is 459 g/mol. The van der Waals surface area contributed by atoms with Crippen molar-refractivity contribution in [2.75, 3.05) is 11.1 Å². The summed E-state index contributed by atoms with van der Waals surface area (Å²) in [6.45, 7) is 4.39. The van der Waals surface area contributed by atoms with Gasteiger partial charge in [0.1, 0.15) is 12.4 Å². The van der Waals surface area contributed by atoms with Crippen LogP contribution in [0.2, 0.25) is 0 Å². The fourth-order valence-corrected chi connectivity index (χ4v) is 4.11. The van der Waals surface area contributed by atoms with E-state index in [1.165, 1.54) is 17.3 Å². The zero-order valence-electron chi connectivity index (χ0n) is 18.7. The standard InChI is InChI=1S/C26H26N4O2S/c1-3-20-12-14-22(15-13-20)30-24(17-32-23-10-5-4-6-11-23)28-29-26(30)33-18-25(31)27-21-9-7-8-19(2)16-21/h4-16H,3,17-18H2,1-2H3,(H,27,31). The lowest BCUT2D eigenvalue weighted by molar-refractivity contribution is -0.113. The molecule has 0 aliphatic carbocycles. The number of aromatic nitrogens is 3. The number of hydrogen-bond acceptors (Lipinski definition) is 5. The average Bonchev–Trinajstić information content (AvgIpc) is 3.25. The number of anilines is 1. The number of para-hydroxylation sites is 1. The molecule has 0 aliphatic heterocycles. The number of thioether (sulfide) groups is 1. The van der Waals surface area contributed by atoms with Crippen LogP contribution in [-0.2, 0) is 17.8 Å². The highest BCUT2D eigenvalue weighted by Gasteiger charge is 2.17. The van der Waals surface area contributed by atoms with Crippen LogP contribution in [0.25, 0.3) is 5.69 Å². The quantitative estimate of drug-likeness (QED) is 0.338. The molecule has 4 rings (SSSR count). The Morgan fingerprint density at radius 2 is 1.79 bits per heavy atom. The largest absolute Gasteiger partial charge is 0.486 e. The van der Waals surface area contributed by atoms with Crippen molar-refractivity contribution in [1.29, 1.82) is 0 Å². The molecule has 4 aromatic rings. The molecule has 6 nitrogen and oxygen atoms in total. The minimum absolute atomic E-state index is 0.0939. The number of hydrogen-bond donors (Lipinski definition) is 1. The zero-order chi connectivity index (χ0) is 23.0. The van der Waals surface area contributed by atoms with Crippen molar-refractivity contribution in [3.63, 3.8) is 0 Å². The maximum atomic E-state index is 12.5. The highest BCUT2D eigenvalue weighted by molar-refractivity contribution is 7.99. The number of aryl methyl sites for hydroxylation is 2. The summed E-state index contributed by atoms with van der Waals surface area (Å²) in [5, 5.41) is 12.3. The number of benzene rings is 3. The molecule has 0 bridgehead atoms. The Kier molecular flexibility index (Phi) is 7.42. The number of amides is 1. The van der Waals surface area contributed by atoms with Gasteiger partial charge in [-0.3, -0.25) is 9.36 Å². The first-order chi connectivity index (χ1) is 16.1. The van der Waals surface area contributed by atoms with Crippen LogP contribution in [0.3, 0.4) is 0 Å². The summed E-state index contributed by atoms with van der Waals surface area (Å²) < 4.78 is 7.87. The molecule has 0 spiro atoms. The summed E-state index contributed by atoms with van der Waals surface area (Å²) in [7, 11) is 0. The van der Waals surface area contributed by atoms with Gasteiger partial charge in [-0.05, 0) is 60.9 Å². The van der Waals surface area contributed by atoms with Crippen LogP contribution in [-0.4, -0.2) is 26.4 Å². The van der Waals surface area contributed by atoms with E-state index < -0.39 is 0 Å². The summed E-state index contributed by atoms with van der Waals surface area (Å²) in [5.41, 5.74) is 4.07. The number of rotatable bonds is 9. The van der Waals surface area contributed by atoms with E-state index in [-0.39, 0.29) is 18.3 Å². The summed E-state index contributed by atoms with van der Waals surface area (Å²) in [6, 6.07) is 25.6. The lowest BCUT2D eigenvalue weighted by Gasteiger charge is -2.12. The van der Waals surface area contributed by atoms with Gasteiger partial charge < -0.3 is 10.1 Å².